The third-order valence-corrected chi connectivity index (χ3v) is 4.87. The van der Waals surface area contributed by atoms with Crippen molar-refractivity contribution in [2.75, 3.05) is 13.7 Å². The van der Waals surface area contributed by atoms with Gasteiger partial charge < -0.3 is 14.2 Å². The van der Waals surface area contributed by atoms with Crippen molar-refractivity contribution in [3.05, 3.63) is 56.5 Å². The lowest BCUT2D eigenvalue weighted by atomic mass is 9.98. The first-order valence-corrected chi connectivity index (χ1v) is 8.71. The second-order valence-electron chi connectivity index (χ2n) is 5.63. The van der Waals surface area contributed by atoms with Gasteiger partial charge in [-0.15, -0.1) is 0 Å². The molecule has 4 nitrogen and oxygen atoms in total. The monoisotopic (exact) mass is 400 g/mol. The van der Waals surface area contributed by atoms with Crippen LogP contribution >= 0.6 is 34.8 Å². The van der Waals surface area contributed by atoms with Gasteiger partial charge in [0.15, 0.2) is 0 Å². The van der Waals surface area contributed by atoms with E-state index >= 15 is 0 Å². The van der Waals surface area contributed by atoms with Crippen LogP contribution in [0.2, 0.25) is 15.1 Å². The van der Waals surface area contributed by atoms with E-state index < -0.39 is 0 Å². The molecule has 0 saturated carbocycles. The molecule has 25 heavy (non-hydrogen) atoms. The van der Waals surface area contributed by atoms with Crippen molar-refractivity contribution in [3.8, 4) is 11.5 Å². The predicted octanol–water partition coefficient (Wildman–Crippen LogP) is 5.26. The SMILES string of the molecule is COC(=O)CC1COc2cc(OCc3ccc(Cl)cc3Cl)c(Cl)cc21. The van der Waals surface area contributed by atoms with Gasteiger partial charge in [-0.1, -0.05) is 40.9 Å². The maximum atomic E-state index is 11.5. The smallest absolute Gasteiger partial charge is 0.306 e. The number of ether oxygens (including phenoxy) is 3. The quantitative estimate of drug-likeness (QED) is 0.641. The van der Waals surface area contributed by atoms with E-state index in [-0.39, 0.29) is 24.9 Å². The molecule has 1 aliphatic heterocycles. The van der Waals surface area contributed by atoms with E-state index in [1.165, 1.54) is 7.11 Å². The fraction of sp³-hybridized carbons (Fsp3) is 0.278. The molecule has 3 rings (SSSR count). The lowest BCUT2D eigenvalue weighted by molar-refractivity contribution is -0.141. The van der Waals surface area contributed by atoms with E-state index in [2.05, 4.69) is 0 Å². The minimum atomic E-state index is -0.282. The number of benzene rings is 2. The van der Waals surface area contributed by atoms with E-state index in [1.54, 1.807) is 30.3 Å². The zero-order valence-corrected chi connectivity index (χ0v) is 15.6. The van der Waals surface area contributed by atoms with E-state index in [0.717, 1.165) is 11.1 Å². The van der Waals surface area contributed by atoms with Gasteiger partial charge in [0.25, 0.3) is 0 Å². The van der Waals surface area contributed by atoms with Gasteiger partial charge in [-0.05, 0) is 18.2 Å². The molecule has 0 radical (unpaired) electrons. The van der Waals surface area contributed by atoms with E-state index in [1.807, 2.05) is 0 Å². The first kappa shape index (κ1) is 18.2. The largest absolute Gasteiger partial charge is 0.492 e. The van der Waals surface area contributed by atoms with Gasteiger partial charge in [0, 0.05) is 33.2 Å². The maximum absolute atomic E-state index is 11.5. The summed E-state index contributed by atoms with van der Waals surface area (Å²) in [5.41, 5.74) is 1.68. The Kier molecular flexibility index (Phi) is 5.62. The van der Waals surface area contributed by atoms with Crippen LogP contribution in [-0.2, 0) is 16.1 Å². The number of carbonyl (C=O) groups is 1. The minimum Gasteiger partial charge on any atom is -0.492 e. The summed E-state index contributed by atoms with van der Waals surface area (Å²) in [5.74, 6) is 0.802. The Morgan fingerprint density at radius 2 is 2.00 bits per heavy atom. The van der Waals surface area contributed by atoms with Gasteiger partial charge in [-0.2, -0.15) is 0 Å². The third-order valence-electron chi connectivity index (χ3n) is 3.98. The Bertz CT molecular complexity index is 807. The molecule has 0 amide bonds. The summed E-state index contributed by atoms with van der Waals surface area (Å²) in [6, 6.07) is 8.72. The van der Waals surface area contributed by atoms with Crippen LogP contribution in [0.25, 0.3) is 0 Å². The van der Waals surface area contributed by atoms with Crippen molar-refractivity contribution in [2.45, 2.75) is 18.9 Å². The van der Waals surface area contributed by atoms with Crippen molar-refractivity contribution in [1.29, 1.82) is 0 Å². The molecule has 0 bridgehead atoms. The number of halogens is 3. The van der Waals surface area contributed by atoms with Gasteiger partial charge in [0.2, 0.25) is 0 Å². The summed E-state index contributed by atoms with van der Waals surface area (Å²) in [7, 11) is 1.37. The first-order valence-electron chi connectivity index (χ1n) is 7.57. The van der Waals surface area contributed by atoms with Crippen LogP contribution < -0.4 is 9.47 Å². The number of esters is 1. The molecular weight excluding hydrogens is 387 g/mol. The standard InChI is InChI=1S/C18H15Cl3O4/c1-23-18(22)4-11-9-24-16-7-17(15(21)6-13(11)16)25-8-10-2-3-12(19)5-14(10)20/h2-3,5-7,11H,4,8-9H2,1H3. The van der Waals surface area contributed by atoms with Crippen molar-refractivity contribution in [2.24, 2.45) is 0 Å². The van der Waals surface area contributed by atoms with Gasteiger partial charge in [-0.3, -0.25) is 4.79 Å². The molecule has 0 fully saturated rings. The molecule has 0 saturated heterocycles. The van der Waals surface area contributed by atoms with Crippen molar-refractivity contribution in [1.82, 2.24) is 0 Å². The van der Waals surface area contributed by atoms with Crippen molar-refractivity contribution in [3.63, 3.8) is 0 Å². The van der Waals surface area contributed by atoms with Crippen LogP contribution in [0.1, 0.15) is 23.5 Å². The second kappa shape index (κ2) is 7.73. The fourth-order valence-electron chi connectivity index (χ4n) is 2.63. The first-order chi connectivity index (χ1) is 12.0. The zero-order chi connectivity index (χ0) is 18.0. The summed E-state index contributed by atoms with van der Waals surface area (Å²) >= 11 is 18.4. The van der Waals surface area contributed by atoms with E-state index in [9.17, 15) is 4.79 Å². The highest BCUT2D eigenvalue weighted by molar-refractivity contribution is 6.35. The molecule has 132 valence electrons. The fourth-order valence-corrected chi connectivity index (χ4v) is 3.32. The van der Waals surface area contributed by atoms with Crippen LogP contribution in [0.15, 0.2) is 30.3 Å². The number of hydrogen-bond donors (Lipinski definition) is 0. The molecule has 0 aliphatic carbocycles. The van der Waals surface area contributed by atoms with Gasteiger partial charge in [0.1, 0.15) is 18.1 Å². The van der Waals surface area contributed by atoms with E-state index in [0.29, 0.717) is 33.2 Å². The van der Waals surface area contributed by atoms with Gasteiger partial charge in [-0.25, -0.2) is 0 Å². The van der Waals surface area contributed by atoms with Gasteiger partial charge in [0.05, 0.1) is 25.2 Å². The van der Waals surface area contributed by atoms with Crippen LogP contribution in [0, 0.1) is 0 Å². The topological polar surface area (TPSA) is 44.8 Å². The molecular formula is C18H15Cl3O4. The maximum Gasteiger partial charge on any atom is 0.306 e. The summed E-state index contributed by atoms with van der Waals surface area (Å²) in [6.07, 6.45) is 0.250. The predicted molar refractivity (Wildman–Crippen MR) is 97.1 cm³/mol. The van der Waals surface area contributed by atoms with Crippen LogP contribution in [0.3, 0.4) is 0 Å². The minimum absolute atomic E-state index is 0.0697. The van der Waals surface area contributed by atoms with Crippen LogP contribution in [0.5, 0.6) is 11.5 Å². The Hall–Kier alpha value is -1.62. The lowest BCUT2D eigenvalue weighted by Gasteiger charge is -2.12. The summed E-state index contributed by atoms with van der Waals surface area (Å²) in [4.78, 5) is 11.5. The summed E-state index contributed by atoms with van der Waals surface area (Å²) in [6.45, 7) is 0.660. The Morgan fingerprint density at radius 3 is 2.72 bits per heavy atom. The molecule has 2 aromatic rings. The Balaban J connectivity index is 1.75. The average molecular weight is 402 g/mol. The highest BCUT2D eigenvalue weighted by Gasteiger charge is 2.28. The van der Waals surface area contributed by atoms with Crippen molar-refractivity contribution < 1.29 is 19.0 Å². The number of rotatable bonds is 5. The number of methoxy groups -OCH3 is 1. The van der Waals surface area contributed by atoms with E-state index in [4.69, 9.17) is 49.0 Å². The molecule has 0 N–H and O–H groups in total. The molecule has 1 aliphatic rings. The summed E-state index contributed by atoms with van der Waals surface area (Å²) < 4.78 is 16.1. The summed E-state index contributed by atoms with van der Waals surface area (Å²) in [5, 5.41) is 1.54. The molecule has 0 spiro atoms. The number of fused-ring (bicyclic) bond motifs is 1. The second-order valence-corrected chi connectivity index (χ2v) is 6.88. The molecule has 2 aromatic carbocycles. The highest BCUT2D eigenvalue weighted by Crippen LogP contribution is 2.42. The highest BCUT2D eigenvalue weighted by atomic mass is 35.5. The lowest BCUT2D eigenvalue weighted by Crippen LogP contribution is -2.09. The molecule has 1 atom stereocenters. The number of carbonyl (C=O) groups excluding carboxylic acids is 1. The normalized spacial score (nSPS) is 15.4. The zero-order valence-electron chi connectivity index (χ0n) is 13.4. The van der Waals surface area contributed by atoms with Crippen LogP contribution in [-0.4, -0.2) is 19.7 Å². The van der Waals surface area contributed by atoms with Crippen molar-refractivity contribution >= 4 is 40.8 Å². The number of hydrogen-bond acceptors (Lipinski definition) is 4. The molecule has 0 aromatic heterocycles. The molecule has 1 unspecified atom stereocenters. The molecule has 1 heterocycles. The van der Waals surface area contributed by atoms with Crippen LogP contribution in [0.4, 0.5) is 0 Å². The third kappa shape index (κ3) is 4.14. The van der Waals surface area contributed by atoms with Gasteiger partial charge >= 0.3 is 5.97 Å². The average Bonchev–Trinajstić information content (AvgIpc) is 2.95. The Morgan fingerprint density at radius 1 is 1.20 bits per heavy atom. The molecule has 7 heteroatoms. The Labute approximate surface area is 160 Å².